The Bertz CT molecular complexity index is 518. The molecule has 0 aliphatic heterocycles. The van der Waals surface area contributed by atoms with Crippen LogP contribution < -0.4 is 10.6 Å². The number of nitrogens with one attached hydrogen (secondary N) is 2. The van der Waals surface area contributed by atoms with E-state index < -0.39 is 12.1 Å². The summed E-state index contributed by atoms with van der Waals surface area (Å²) < 4.78 is 38.5. The standard InChI is InChI=1S/C14H21F3N4S.HI/c1-9-7-19-12(22-9)8-20-13(18-2)21-11-5-3-4-10(6-11)14(15,16)17;/h7,10-11H,3-6,8H2,1-2H3,(H2,18,20,21);1H. The summed E-state index contributed by atoms with van der Waals surface area (Å²) in [6.45, 7) is 2.50. The summed E-state index contributed by atoms with van der Waals surface area (Å²) >= 11 is 1.58. The third-order valence-corrected chi connectivity index (χ3v) is 4.69. The average Bonchev–Trinajstić information content (AvgIpc) is 2.88. The minimum absolute atomic E-state index is 0. The molecule has 0 bridgehead atoms. The molecule has 1 heterocycles. The quantitative estimate of drug-likeness (QED) is 0.408. The zero-order valence-electron chi connectivity index (χ0n) is 13.1. The van der Waals surface area contributed by atoms with E-state index in [2.05, 4.69) is 20.6 Å². The highest BCUT2D eigenvalue weighted by molar-refractivity contribution is 14.0. The van der Waals surface area contributed by atoms with E-state index in [0.29, 0.717) is 18.9 Å². The van der Waals surface area contributed by atoms with Gasteiger partial charge >= 0.3 is 6.18 Å². The minimum Gasteiger partial charge on any atom is -0.354 e. The van der Waals surface area contributed by atoms with Gasteiger partial charge in [0.25, 0.3) is 0 Å². The van der Waals surface area contributed by atoms with Crippen molar-refractivity contribution in [2.75, 3.05) is 7.05 Å². The molecule has 2 unspecified atom stereocenters. The fraction of sp³-hybridized carbons (Fsp3) is 0.714. The zero-order valence-corrected chi connectivity index (χ0v) is 16.3. The van der Waals surface area contributed by atoms with Gasteiger partial charge in [0.1, 0.15) is 5.01 Å². The summed E-state index contributed by atoms with van der Waals surface area (Å²) in [6, 6.07) is -0.190. The van der Waals surface area contributed by atoms with Crippen LogP contribution >= 0.6 is 35.3 Å². The highest BCUT2D eigenvalue weighted by Gasteiger charge is 2.42. The molecule has 1 aromatic rings. The third-order valence-electron chi connectivity index (χ3n) is 3.78. The fourth-order valence-electron chi connectivity index (χ4n) is 2.65. The van der Waals surface area contributed by atoms with Crippen molar-refractivity contribution < 1.29 is 13.2 Å². The Hall–Kier alpha value is -0.580. The van der Waals surface area contributed by atoms with Gasteiger partial charge in [-0.25, -0.2) is 4.98 Å². The molecule has 0 spiro atoms. The largest absolute Gasteiger partial charge is 0.391 e. The highest BCUT2D eigenvalue weighted by Crippen LogP contribution is 2.37. The highest BCUT2D eigenvalue weighted by atomic mass is 127. The van der Waals surface area contributed by atoms with Crippen molar-refractivity contribution in [1.29, 1.82) is 0 Å². The fourth-order valence-corrected chi connectivity index (χ4v) is 3.38. The number of hydrogen-bond donors (Lipinski definition) is 2. The molecule has 0 aromatic carbocycles. The van der Waals surface area contributed by atoms with Crippen molar-refractivity contribution in [3.63, 3.8) is 0 Å². The molecule has 4 nitrogen and oxygen atoms in total. The molecule has 0 radical (unpaired) electrons. The van der Waals surface area contributed by atoms with Crippen LogP contribution in [0.4, 0.5) is 13.2 Å². The Morgan fingerprint density at radius 3 is 2.74 bits per heavy atom. The molecule has 1 saturated carbocycles. The van der Waals surface area contributed by atoms with Crippen molar-refractivity contribution in [2.45, 2.75) is 51.4 Å². The van der Waals surface area contributed by atoms with Crippen LogP contribution in [0.1, 0.15) is 35.6 Å². The van der Waals surface area contributed by atoms with Gasteiger partial charge in [-0.1, -0.05) is 6.42 Å². The van der Waals surface area contributed by atoms with Crippen LogP contribution in [0.25, 0.3) is 0 Å². The monoisotopic (exact) mass is 462 g/mol. The molecular formula is C14H22F3IN4S. The first-order chi connectivity index (χ1) is 10.4. The zero-order chi connectivity index (χ0) is 16.2. The topological polar surface area (TPSA) is 49.3 Å². The number of aliphatic imine (C=N–C) groups is 1. The van der Waals surface area contributed by atoms with Crippen LogP contribution in [-0.4, -0.2) is 30.2 Å². The van der Waals surface area contributed by atoms with E-state index in [1.807, 2.05) is 6.92 Å². The molecule has 0 amide bonds. The Morgan fingerprint density at radius 2 is 2.17 bits per heavy atom. The van der Waals surface area contributed by atoms with E-state index in [-0.39, 0.29) is 42.9 Å². The molecule has 1 aliphatic carbocycles. The first kappa shape index (κ1) is 20.5. The molecule has 2 atom stereocenters. The van der Waals surface area contributed by atoms with Gasteiger partial charge in [-0.05, 0) is 26.2 Å². The first-order valence-corrected chi connectivity index (χ1v) is 8.15. The van der Waals surface area contributed by atoms with Crippen LogP contribution in [0, 0.1) is 12.8 Å². The Balaban J connectivity index is 0.00000264. The molecule has 1 aromatic heterocycles. The molecule has 2 rings (SSSR count). The summed E-state index contributed by atoms with van der Waals surface area (Å²) in [5, 5.41) is 7.13. The van der Waals surface area contributed by atoms with E-state index in [4.69, 9.17) is 0 Å². The summed E-state index contributed by atoms with van der Waals surface area (Å²) in [4.78, 5) is 9.44. The SMILES string of the molecule is CN=C(NCc1ncc(C)s1)NC1CCCC(C(F)(F)F)C1.I. The number of aromatic nitrogens is 1. The van der Waals surface area contributed by atoms with Gasteiger partial charge in [-0.2, -0.15) is 13.2 Å². The van der Waals surface area contributed by atoms with E-state index in [1.165, 1.54) is 0 Å². The van der Waals surface area contributed by atoms with Crippen molar-refractivity contribution in [1.82, 2.24) is 15.6 Å². The molecule has 2 N–H and O–H groups in total. The number of nitrogens with zero attached hydrogens (tertiary/aromatic N) is 2. The lowest BCUT2D eigenvalue weighted by molar-refractivity contribution is -0.183. The number of aryl methyl sites for hydroxylation is 1. The Labute approximate surface area is 155 Å². The van der Waals surface area contributed by atoms with Gasteiger partial charge < -0.3 is 10.6 Å². The Kier molecular flexibility index (Phi) is 8.05. The van der Waals surface area contributed by atoms with E-state index in [9.17, 15) is 13.2 Å². The summed E-state index contributed by atoms with van der Waals surface area (Å²) in [6.07, 6.45) is -0.635. The lowest BCUT2D eigenvalue weighted by atomic mass is 9.85. The van der Waals surface area contributed by atoms with Gasteiger partial charge in [0, 0.05) is 24.2 Å². The second kappa shape index (κ2) is 9.05. The number of rotatable bonds is 3. The van der Waals surface area contributed by atoms with Crippen LogP contribution in [-0.2, 0) is 6.54 Å². The molecular weight excluding hydrogens is 440 g/mol. The molecule has 9 heteroatoms. The van der Waals surface area contributed by atoms with Gasteiger partial charge in [-0.3, -0.25) is 4.99 Å². The Morgan fingerprint density at radius 1 is 1.43 bits per heavy atom. The number of guanidine groups is 1. The normalized spacial score (nSPS) is 22.4. The summed E-state index contributed by atoms with van der Waals surface area (Å²) in [5.41, 5.74) is 0. The second-order valence-corrected chi connectivity index (χ2v) is 6.86. The van der Waals surface area contributed by atoms with Crippen LogP contribution in [0.3, 0.4) is 0 Å². The number of thiazole rings is 1. The average molecular weight is 462 g/mol. The summed E-state index contributed by atoms with van der Waals surface area (Å²) in [7, 11) is 1.62. The van der Waals surface area contributed by atoms with Crippen molar-refractivity contribution in [3.05, 3.63) is 16.1 Å². The maximum absolute atomic E-state index is 12.8. The number of alkyl halides is 3. The number of halogens is 4. The maximum Gasteiger partial charge on any atom is 0.391 e. The van der Waals surface area contributed by atoms with Crippen molar-refractivity contribution in [2.24, 2.45) is 10.9 Å². The summed E-state index contributed by atoms with van der Waals surface area (Å²) in [5.74, 6) is -0.681. The van der Waals surface area contributed by atoms with E-state index in [1.54, 1.807) is 24.6 Å². The molecule has 0 saturated heterocycles. The van der Waals surface area contributed by atoms with E-state index in [0.717, 1.165) is 16.3 Å². The molecule has 23 heavy (non-hydrogen) atoms. The lowest BCUT2D eigenvalue weighted by Gasteiger charge is -2.31. The van der Waals surface area contributed by atoms with Gasteiger partial charge in [0.15, 0.2) is 5.96 Å². The van der Waals surface area contributed by atoms with Crippen molar-refractivity contribution >= 4 is 41.3 Å². The molecule has 1 fully saturated rings. The van der Waals surface area contributed by atoms with Crippen molar-refractivity contribution in [3.8, 4) is 0 Å². The maximum atomic E-state index is 12.8. The van der Waals surface area contributed by atoms with Gasteiger partial charge in [-0.15, -0.1) is 35.3 Å². The molecule has 1 aliphatic rings. The lowest BCUT2D eigenvalue weighted by Crippen LogP contribution is -2.46. The van der Waals surface area contributed by atoms with Gasteiger partial charge in [0.05, 0.1) is 12.5 Å². The first-order valence-electron chi connectivity index (χ1n) is 7.33. The predicted molar refractivity (Wildman–Crippen MR) is 97.4 cm³/mol. The van der Waals surface area contributed by atoms with Crippen LogP contribution in [0.5, 0.6) is 0 Å². The molecule has 132 valence electrons. The number of hydrogen-bond acceptors (Lipinski definition) is 3. The third kappa shape index (κ3) is 6.44. The van der Waals surface area contributed by atoms with Crippen LogP contribution in [0.2, 0.25) is 0 Å². The minimum atomic E-state index is -4.10. The second-order valence-electron chi connectivity index (χ2n) is 5.54. The smallest absolute Gasteiger partial charge is 0.354 e. The van der Waals surface area contributed by atoms with Gasteiger partial charge in [0.2, 0.25) is 0 Å². The van der Waals surface area contributed by atoms with Crippen LogP contribution in [0.15, 0.2) is 11.2 Å². The predicted octanol–water partition coefficient (Wildman–Crippen LogP) is 3.86. The van der Waals surface area contributed by atoms with E-state index >= 15 is 0 Å².